The zero-order valence-electron chi connectivity index (χ0n) is 13.6. The summed E-state index contributed by atoms with van der Waals surface area (Å²) in [5, 5.41) is 3.33. The summed E-state index contributed by atoms with van der Waals surface area (Å²) in [5.74, 6) is 1.08. The second-order valence-electron chi connectivity index (χ2n) is 5.05. The van der Waals surface area contributed by atoms with Gasteiger partial charge in [-0.05, 0) is 63.6 Å². The van der Waals surface area contributed by atoms with Crippen LogP contribution in [0.25, 0.3) is 6.08 Å². The van der Waals surface area contributed by atoms with Gasteiger partial charge in [-0.25, -0.2) is 4.99 Å². The highest BCUT2D eigenvalue weighted by Gasteiger charge is 2.24. The Morgan fingerprint density at radius 1 is 1.12 bits per heavy atom. The minimum absolute atomic E-state index is 0.175. The molecular weight excluding hydrogens is 404 g/mol. The van der Waals surface area contributed by atoms with Crippen LogP contribution in [0.1, 0.15) is 5.56 Å². The van der Waals surface area contributed by atoms with Crippen molar-refractivity contribution in [1.82, 2.24) is 5.32 Å². The molecule has 5 nitrogen and oxygen atoms in total. The molecule has 1 saturated heterocycles. The molecule has 7 heteroatoms. The Hall–Kier alpha value is -2.25. The van der Waals surface area contributed by atoms with E-state index in [0.29, 0.717) is 21.6 Å². The minimum atomic E-state index is -0.175. The number of thioether (sulfide) groups is 1. The van der Waals surface area contributed by atoms with Crippen LogP contribution in [-0.2, 0) is 4.79 Å². The molecule has 25 heavy (non-hydrogen) atoms. The number of methoxy groups -OCH3 is 2. The quantitative estimate of drug-likeness (QED) is 0.749. The Labute approximate surface area is 158 Å². The van der Waals surface area contributed by atoms with E-state index in [2.05, 4.69) is 26.2 Å². The third kappa shape index (κ3) is 4.05. The molecule has 128 valence electrons. The van der Waals surface area contributed by atoms with Gasteiger partial charge in [-0.2, -0.15) is 0 Å². The lowest BCUT2D eigenvalue weighted by atomic mass is 10.2. The fourth-order valence-corrected chi connectivity index (χ4v) is 3.43. The van der Waals surface area contributed by atoms with Gasteiger partial charge in [-0.1, -0.05) is 18.2 Å². The van der Waals surface area contributed by atoms with Gasteiger partial charge in [0.25, 0.3) is 5.91 Å². The van der Waals surface area contributed by atoms with E-state index in [4.69, 9.17) is 9.47 Å². The van der Waals surface area contributed by atoms with Gasteiger partial charge in [0.05, 0.1) is 24.8 Å². The fraction of sp³-hybridized carbons (Fsp3) is 0.111. The van der Waals surface area contributed by atoms with E-state index in [1.165, 1.54) is 11.8 Å². The molecule has 0 bridgehead atoms. The molecule has 1 aliphatic heterocycles. The molecule has 1 amide bonds. The molecule has 3 rings (SSSR count). The van der Waals surface area contributed by atoms with Gasteiger partial charge in [0.1, 0.15) is 0 Å². The first-order chi connectivity index (χ1) is 12.1. The van der Waals surface area contributed by atoms with Crippen molar-refractivity contribution in [3.05, 3.63) is 57.4 Å². The molecular formula is C18H15BrN2O3S. The monoisotopic (exact) mass is 418 g/mol. The number of ether oxygens (including phenoxy) is 2. The molecule has 1 heterocycles. The molecule has 0 unspecified atom stereocenters. The summed E-state index contributed by atoms with van der Waals surface area (Å²) >= 11 is 4.75. The van der Waals surface area contributed by atoms with Gasteiger partial charge in [0.15, 0.2) is 16.7 Å². The number of rotatable bonds is 4. The smallest absolute Gasteiger partial charge is 0.264 e. The van der Waals surface area contributed by atoms with Crippen molar-refractivity contribution in [2.24, 2.45) is 4.99 Å². The SMILES string of the molecule is COc1ccc(/C=C2\SC(=Nc3ccccc3Br)NC2=O)cc1OC. The van der Waals surface area contributed by atoms with E-state index in [1.807, 2.05) is 36.4 Å². The predicted molar refractivity (Wildman–Crippen MR) is 104 cm³/mol. The Balaban J connectivity index is 1.86. The average Bonchev–Trinajstić information content (AvgIpc) is 2.96. The first-order valence-corrected chi connectivity index (χ1v) is 8.98. The molecule has 0 radical (unpaired) electrons. The van der Waals surface area contributed by atoms with Gasteiger partial charge >= 0.3 is 0 Å². The van der Waals surface area contributed by atoms with E-state index >= 15 is 0 Å². The van der Waals surface area contributed by atoms with Crippen LogP contribution in [0.2, 0.25) is 0 Å². The fourth-order valence-electron chi connectivity index (χ4n) is 2.23. The molecule has 0 aromatic heterocycles. The Morgan fingerprint density at radius 2 is 1.88 bits per heavy atom. The van der Waals surface area contributed by atoms with Gasteiger partial charge in [-0.15, -0.1) is 0 Å². The van der Waals surface area contributed by atoms with E-state index in [-0.39, 0.29) is 5.91 Å². The van der Waals surface area contributed by atoms with Crippen LogP contribution in [0.15, 0.2) is 56.8 Å². The first kappa shape index (κ1) is 17.6. The summed E-state index contributed by atoms with van der Waals surface area (Å²) in [4.78, 5) is 17.2. The number of nitrogens with one attached hydrogen (secondary N) is 1. The second-order valence-corrected chi connectivity index (χ2v) is 6.93. The third-order valence-electron chi connectivity index (χ3n) is 3.43. The number of nitrogens with zero attached hydrogens (tertiary/aromatic N) is 1. The van der Waals surface area contributed by atoms with Gasteiger partial charge in [0.2, 0.25) is 0 Å². The van der Waals surface area contributed by atoms with Crippen molar-refractivity contribution in [2.75, 3.05) is 14.2 Å². The van der Waals surface area contributed by atoms with Crippen molar-refractivity contribution in [1.29, 1.82) is 0 Å². The molecule has 1 N–H and O–H groups in total. The summed E-state index contributed by atoms with van der Waals surface area (Å²) < 4.78 is 11.4. The first-order valence-electron chi connectivity index (χ1n) is 7.37. The number of hydrogen-bond acceptors (Lipinski definition) is 5. The zero-order valence-corrected chi connectivity index (χ0v) is 16.0. The third-order valence-corrected chi connectivity index (χ3v) is 5.01. The summed E-state index contributed by atoms with van der Waals surface area (Å²) in [5.41, 5.74) is 1.61. The summed E-state index contributed by atoms with van der Waals surface area (Å²) in [6.07, 6.45) is 1.80. The van der Waals surface area contributed by atoms with E-state index in [9.17, 15) is 4.79 Å². The zero-order chi connectivity index (χ0) is 17.8. The largest absolute Gasteiger partial charge is 0.493 e. The van der Waals surface area contributed by atoms with Crippen molar-refractivity contribution >= 4 is 50.5 Å². The second kappa shape index (κ2) is 7.76. The van der Waals surface area contributed by atoms with Crippen LogP contribution >= 0.6 is 27.7 Å². The molecule has 1 aliphatic rings. The van der Waals surface area contributed by atoms with Crippen LogP contribution in [0.4, 0.5) is 5.69 Å². The van der Waals surface area contributed by atoms with E-state index in [0.717, 1.165) is 15.7 Å². The van der Waals surface area contributed by atoms with Crippen molar-refractivity contribution in [2.45, 2.75) is 0 Å². The summed E-state index contributed by atoms with van der Waals surface area (Å²) in [6, 6.07) is 13.1. The van der Waals surface area contributed by atoms with Crippen LogP contribution in [0.3, 0.4) is 0 Å². The number of carbonyl (C=O) groups is 1. The highest BCUT2D eigenvalue weighted by Crippen LogP contribution is 2.33. The van der Waals surface area contributed by atoms with Crippen LogP contribution in [-0.4, -0.2) is 25.3 Å². The highest BCUT2D eigenvalue weighted by atomic mass is 79.9. The van der Waals surface area contributed by atoms with Crippen LogP contribution in [0, 0.1) is 0 Å². The number of benzene rings is 2. The lowest BCUT2D eigenvalue weighted by Gasteiger charge is -2.07. The van der Waals surface area contributed by atoms with Crippen molar-refractivity contribution in [3.63, 3.8) is 0 Å². The van der Waals surface area contributed by atoms with Gasteiger partial charge < -0.3 is 14.8 Å². The molecule has 0 saturated carbocycles. The van der Waals surface area contributed by atoms with Crippen molar-refractivity contribution in [3.8, 4) is 11.5 Å². The minimum Gasteiger partial charge on any atom is -0.493 e. The Kier molecular flexibility index (Phi) is 5.45. The normalized spacial score (nSPS) is 17.0. The molecule has 2 aromatic rings. The topological polar surface area (TPSA) is 59.9 Å². The summed E-state index contributed by atoms with van der Waals surface area (Å²) in [6.45, 7) is 0. The van der Waals surface area contributed by atoms with E-state index < -0.39 is 0 Å². The maximum atomic E-state index is 12.2. The maximum Gasteiger partial charge on any atom is 0.264 e. The number of halogens is 1. The van der Waals surface area contributed by atoms with E-state index in [1.54, 1.807) is 26.4 Å². The number of para-hydroxylation sites is 1. The number of hydrogen-bond donors (Lipinski definition) is 1. The molecule has 0 spiro atoms. The number of amides is 1. The number of aliphatic imine (C=N–C) groups is 1. The Bertz CT molecular complexity index is 880. The standard InChI is InChI=1S/C18H15BrN2O3S/c1-23-14-8-7-11(9-15(14)24-2)10-16-17(22)21-18(25-16)20-13-6-4-3-5-12(13)19/h3-10H,1-2H3,(H,20,21,22)/b16-10-. The average molecular weight is 419 g/mol. The summed E-state index contributed by atoms with van der Waals surface area (Å²) in [7, 11) is 3.16. The molecule has 2 aromatic carbocycles. The van der Waals surface area contributed by atoms with Crippen LogP contribution in [0.5, 0.6) is 11.5 Å². The number of carbonyl (C=O) groups excluding carboxylic acids is 1. The molecule has 1 fully saturated rings. The molecule has 0 atom stereocenters. The van der Waals surface area contributed by atoms with Gasteiger partial charge in [-0.3, -0.25) is 4.79 Å². The highest BCUT2D eigenvalue weighted by molar-refractivity contribution is 9.10. The lowest BCUT2D eigenvalue weighted by molar-refractivity contribution is -0.115. The molecule has 0 aliphatic carbocycles. The van der Waals surface area contributed by atoms with Crippen molar-refractivity contribution < 1.29 is 14.3 Å². The Morgan fingerprint density at radius 3 is 2.60 bits per heavy atom. The van der Waals surface area contributed by atoms with Gasteiger partial charge in [0, 0.05) is 4.47 Å². The lowest BCUT2D eigenvalue weighted by Crippen LogP contribution is -2.19. The predicted octanol–water partition coefficient (Wildman–Crippen LogP) is 4.36. The number of amidine groups is 1. The van der Waals surface area contributed by atoms with Crippen LogP contribution < -0.4 is 14.8 Å². The maximum absolute atomic E-state index is 12.2.